The average molecular weight is 464 g/mol. The van der Waals surface area contributed by atoms with Gasteiger partial charge in [-0.15, -0.1) is 0 Å². The van der Waals surface area contributed by atoms with E-state index in [4.69, 9.17) is 15.2 Å². The normalized spacial score (nSPS) is 15.2. The molecule has 1 atom stereocenters. The highest BCUT2D eigenvalue weighted by Crippen LogP contribution is 2.41. The Morgan fingerprint density at radius 1 is 1.24 bits per heavy atom. The first-order valence-corrected chi connectivity index (χ1v) is 11.3. The zero-order valence-electron chi connectivity index (χ0n) is 17.8. The van der Waals surface area contributed by atoms with Gasteiger partial charge in [-0.25, -0.2) is 4.98 Å². The summed E-state index contributed by atoms with van der Waals surface area (Å²) in [5.74, 6) is 0.621. The Bertz CT molecular complexity index is 1330. The van der Waals surface area contributed by atoms with E-state index in [2.05, 4.69) is 15.4 Å². The lowest BCUT2D eigenvalue weighted by Crippen LogP contribution is -2.24. The van der Waals surface area contributed by atoms with Crippen molar-refractivity contribution >= 4 is 39.2 Å². The summed E-state index contributed by atoms with van der Waals surface area (Å²) in [4.78, 5) is 28.4. The van der Waals surface area contributed by atoms with E-state index >= 15 is 0 Å². The number of amides is 2. The number of nitrogens with two attached hydrogens (primary N) is 1. The van der Waals surface area contributed by atoms with Crippen LogP contribution < -0.4 is 20.5 Å². The van der Waals surface area contributed by atoms with Gasteiger partial charge in [-0.1, -0.05) is 29.5 Å². The lowest BCUT2D eigenvalue weighted by atomic mass is 9.87. The quantitative estimate of drug-likeness (QED) is 0.434. The van der Waals surface area contributed by atoms with Crippen molar-refractivity contribution in [3.63, 3.8) is 0 Å². The Morgan fingerprint density at radius 2 is 2.09 bits per heavy atom. The van der Waals surface area contributed by atoms with Crippen molar-refractivity contribution in [2.75, 3.05) is 18.5 Å². The van der Waals surface area contributed by atoms with Gasteiger partial charge in [0.1, 0.15) is 5.82 Å². The number of thiazole rings is 1. The number of nitrogens with one attached hydrogen (secondary N) is 1. The van der Waals surface area contributed by atoms with Crippen molar-refractivity contribution < 1.29 is 19.1 Å². The fourth-order valence-electron chi connectivity index (χ4n) is 3.89. The maximum Gasteiger partial charge on any atom is 0.255 e. The van der Waals surface area contributed by atoms with E-state index in [0.717, 1.165) is 21.3 Å². The summed E-state index contributed by atoms with van der Waals surface area (Å²) in [5, 5.41) is 8.18. The molecule has 0 spiro atoms. The Labute approximate surface area is 193 Å². The standard InChI is InChI=1S/C23H21N5O4S/c1-2-31-18-9-13(7-8-17(18)32-12-20(24)29)14-10-21(30)27-22-15(14)11-25-28(22)23-26-16-5-3-4-6-19(16)33-23/h3-9,11,14H,2,10,12H2,1H3,(H2,24,29)(H,27,30)/t14-/m0/s1. The number of para-hydroxylation sites is 1. The largest absolute Gasteiger partial charge is 0.490 e. The molecule has 2 aromatic carbocycles. The van der Waals surface area contributed by atoms with Gasteiger partial charge < -0.3 is 20.5 Å². The van der Waals surface area contributed by atoms with E-state index in [1.807, 2.05) is 43.3 Å². The van der Waals surface area contributed by atoms with Crippen LogP contribution in [-0.4, -0.2) is 39.8 Å². The van der Waals surface area contributed by atoms with E-state index in [1.165, 1.54) is 11.3 Å². The molecule has 33 heavy (non-hydrogen) atoms. The summed E-state index contributed by atoms with van der Waals surface area (Å²) >= 11 is 1.51. The molecule has 0 saturated heterocycles. The second-order valence-corrected chi connectivity index (χ2v) is 8.53. The first kappa shape index (κ1) is 21.0. The van der Waals surface area contributed by atoms with Gasteiger partial charge >= 0.3 is 0 Å². The molecular formula is C23H21N5O4S. The monoisotopic (exact) mass is 463 g/mol. The van der Waals surface area contributed by atoms with Crippen LogP contribution in [0.2, 0.25) is 0 Å². The van der Waals surface area contributed by atoms with Crippen LogP contribution in [-0.2, 0) is 9.59 Å². The predicted octanol–water partition coefficient (Wildman–Crippen LogP) is 3.22. The second-order valence-electron chi connectivity index (χ2n) is 7.52. The number of primary amides is 1. The topological polar surface area (TPSA) is 121 Å². The maximum atomic E-state index is 12.6. The summed E-state index contributed by atoms with van der Waals surface area (Å²) in [5.41, 5.74) is 7.84. The summed E-state index contributed by atoms with van der Waals surface area (Å²) in [7, 11) is 0. The Balaban J connectivity index is 1.53. The minimum atomic E-state index is -0.572. The van der Waals surface area contributed by atoms with E-state index in [9.17, 15) is 9.59 Å². The molecule has 1 aliphatic rings. The molecule has 9 nitrogen and oxygen atoms in total. The third-order valence-corrected chi connectivity index (χ3v) is 6.34. The summed E-state index contributed by atoms with van der Waals surface area (Å²) in [6, 6.07) is 13.3. The van der Waals surface area contributed by atoms with E-state index < -0.39 is 5.91 Å². The molecule has 4 aromatic rings. The first-order chi connectivity index (χ1) is 16.0. The van der Waals surface area contributed by atoms with Gasteiger partial charge in [-0.2, -0.15) is 9.78 Å². The van der Waals surface area contributed by atoms with Crippen LogP contribution in [0.25, 0.3) is 15.3 Å². The number of rotatable bonds is 7. The van der Waals surface area contributed by atoms with Gasteiger partial charge in [0.25, 0.3) is 5.91 Å². The van der Waals surface area contributed by atoms with E-state index in [1.54, 1.807) is 16.9 Å². The number of fused-ring (bicyclic) bond motifs is 2. The molecule has 0 radical (unpaired) electrons. The fourth-order valence-corrected chi connectivity index (χ4v) is 4.82. The third kappa shape index (κ3) is 4.00. The van der Waals surface area contributed by atoms with Gasteiger partial charge in [-0.05, 0) is 36.8 Å². The second kappa shape index (κ2) is 8.55. The molecule has 2 aromatic heterocycles. The summed E-state index contributed by atoms with van der Waals surface area (Å²) < 4.78 is 13.9. The van der Waals surface area contributed by atoms with Gasteiger partial charge in [0.2, 0.25) is 11.0 Å². The molecule has 0 saturated carbocycles. The van der Waals surface area contributed by atoms with Gasteiger partial charge in [0, 0.05) is 17.9 Å². The van der Waals surface area contributed by atoms with Crippen LogP contribution in [0, 0.1) is 0 Å². The minimum absolute atomic E-state index is 0.109. The van der Waals surface area contributed by atoms with Crippen LogP contribution in [0.3, 0.4) is 0 Å². The van der Waals surface area contributed by atoms with Crippen LogP contribution in [0.5, 0.6) is 11.5 Å². The number of hydrogen-bond donors (Lipinski definition) is 2. The van der Waals surface area contributed by atoms with Crippen molar-refractivity contribution in [1.29, 1.82) is 0 Å². The van der Waals surface area contributed by atoms with Gasteiger partial charge in [0.15, 0.2) is 18.1 Å². The smallest absolute Gasteiger partial charge is 0.255 e. The molecule has 0 unspecified atom stereocenters. The maximum absolute atomic E-state index is 12.6. The number of aromatic nitrogens is 3. The van der Waals surface area contributed by atoms with Crippen molar-refractivity contribution in [2.45, 2.75) is 19.3 Å². The molecule has 3 N–H and O–H groups in total. The van der Waals surface area contributed by atoms with Crippen LogP contribution in [0.4, 0.5) is 5.82 Å². The van der Waals surface area contributed by atoms with E-state index in [0.29, 0.717) is 29.1 Å². The van der Waals surface area contributed by atoms with Crippen molar-refractivity contribution in [3.05, 3.63) is 59.8 Å². The highest BCUT2D eigenvalue weighted by Gasteiger charge is 2.31. The van der Waals surface area contributed by atoms with Crippen LogP contribution in [0.1, 0.15) is 30.4 Å². The van der Waals surface area contributed by atoms with Crippen molar-refractivity contribution in [1.82, 2.24) is 14.8 Å². The molecule has 0 bridgehead atoms. The molecule has 10 heteroatoms. The molecule has 2 amide bonds. The fraction of sp³-hybridized carbons (Fsp3) is 0.217. The molecule has 0 fully saturated rings. The summed E-state index contributed by atoms with van der Waals surface area (Å²) in [6.07, 6.45) is 2.04. The number of benzene rings is 2. The van der Waals surface area contributed by atoms with E-state index in [-0.39, 0.29) is 24.9 Å². The molecule has 0 aliphatic carbocycles. The predicted molar refractivity (Wildman–Crippen MR) is 124 cm³/mol. The average Bonchev–Trinajstić information content (AvgIpc) is 3.41. The molecule has 3 heterocycles. The number of nitrogens with zero attached hydrogens (tertiary/aromatic N) is 3. The Morgan fingerprint density at radius 3 is 2.88 bits per heavy atom. The number of hydrogen-bond acceptors (Lipinski definition) is 7. The Kier molecular flexibility index (Phi) is 5.43. The first-order valence-electron chi connectivity index (χ1n) is 10.4. The molecule has 1 aliphatic heterocycles. The number of ether oxygens (including phenoxy) is 2. The lowest BCUT2D eigenvalue weighted by Gasteiger charge is -2.24. The number of carbonyl (C=O) groups is 2. The van der Waals surface area contributed by atoms with Crippen LogP contribution >= 0.6 is 11.3 Å². The molecule has 168 valence electrons. The zero-order chi connectivity index (χ0) is 22.9. The Hall–Kier alpha value is -3.92. The zero-order valence-corrected chi connectivity index (χ0v) is 18.6. The molecule has 5 rings (SSSR count). The van der Waals surface area contributed by atoms with Gasteiger partial charge in [-0.3, -0.25) is 9.59 Å². The van der Waals surface area contributed by atoms with Crippen molar-refractivity contribution in [2.24, 2.45) is 5.73 Å². The summed E-state index contributed by atoms with van der Waals surface area (Å²) in [6.45, 7) is 2.03. The third-order valence-electron chi connectivity index (χ3n) is 5.32. The SMILES string of the molecule is CCOc1cc([C@@H]2CC(=O)Nc3c2cnn3-c2nc3ccccc3s2)ccc1OCC(N)=O. The highest BCUT2D eigenvalue weighted by molar-refractivity contribution is 7.20. The number of carbonyl (C=O) groups excluding carboxylic acids is 2. The highest BCUT2D eigenvalue weighted by atomic mass is 32.1. The van der Waals surface area contributed by atoms with Crippen molar-refractivity contribution in [3.8, 4) is 16.6 Å². The minimum Gasteiger partial charge on any atom is -0.490 e. The molecular weight excluding hydrogens is 442 g/mol. The number of anilines is 1. The van der Waals surface area contributed by atoms with Crippen LogP contribution in [0.15, 0.2) is 48.7 Å². The lowest BCUT2D eigenvalue weighted by molar-refractivity contribution is -0.120. The van der Waals surface area contributed by atoms with Gasteiger partial charge in [0.05, 0.1) is 23.0 Å².